The molecule has 7 heteroatoms. The van der Waals surface area contributed by atoms with Gasteiger partial charge in [0, 0.05) is 0 Å². The van der Waals surface area contributed by atoms with Crippen molar-refractivity contribution in [2.75, 3.05) is 6.61 Å². The molecule has 0 aliphatic carbocycles. The first-order valence-corrected chi connectivity index (χ1v) is 16.9. The van der Waals surface area contributed by atoms with Crippen molar-refractivity contribution in [3.63, 3.8) is 0 Å². The Morgan fingerprint density at radius 1 is 0.571 bits per heavy atom. The molecule has 42 heavy (non-hydrogen) atoms. The zero-order valence-electron chi connectivity index (χ0n) is 28.5. The van der Waals surface area contributed by atoms with E-state index in [9.17, 15) is 4.57 Å². The van der Waals surface area contributed by atoms with E-state index in [1.165, 1.54) is 39.9 Å². The third kappa shape index (κ3) is 31.4. The van der Waals surface area contributed by atoms with Crippen molar-refractivity contribution in [3.05, 3.63) is 69.9 Å². The third-order valence-corrected chi connectivity index (χ3v) is 7.76. The molecule has 0 aliphatic heterocycles. The number of rotatable bonds is 22. The van der Waals surface area contributed by atoms with Crippen LogP contribution >= 0.6 is 7.82 Å². The number of phosphoric acid groups is 1. The Labute approximate surface area is 260 Å². The second-order valence-electron chi connectivity index (χ2n) is 12.0. The maximum atomic E-state index is 10.7. The van der Waals surface area contributed by atoms with Crippen molar-refractivity contribution in [3.8, 4) is 0 Å². The van der Waals surface area contributed by atoms with E-state index < -0.39 is 7.82 Å². The topological polar surface area (TPSA) is 137 Å². The summed E-state index contributed by atoms with van der Waals surface area (Å²) in [6, 6.07) is 0. The third-order valence-electron chi connectivity index (χ3n) is 7.24. The van der Waals surface area contributed by atoms with Crippen LogP contribution in [0.4, 0.5) is 0 Å². The summed E-state index contributed by atoms with van der Waals surface area (Å²) in [7, 11) is -4.34. The minimum atomic E-state index is -4.34. The molecule has 246 valence electrons. The molecule has 0 heterocycles. The van der Waals surface area contributed by atoms with Gasteiger partial charge in [0.2, 0.25) is 0 Å². The summed E-state index contributed by atoms with van der Waals surface area (Å²) in [5, 5.41) is 0. The van der Waals surface area contributed by atoms with Crippen molar-refractivity contribution in [2.45, 2.75) is 139 Å². The Morgan fingerprint density at radius 3 is 1.19 bits per heavy atom. The number of phosphoric ester groups is 1. The lowest BCUT2D eigenvalue weighted by molar-refractivity contribution is 0.185. The van der Waals surface area contributed by atoms with Crippen LogP contribution in [0.3, 0.4) is 0 Å². The van der Waals surface area contributed by atoms with E-state index in [1.807, 2.05) is 0 Å². The monoisotopic (exact) mass is 610 g/mol. The summed E-state index contributed by atoms with van der Waals surface area (Å²) in [5.41, 5.74) is 8.79. The van der Waals surface area contributed by atoms with Gasteiger partial charge in [-0.3, -0.25) is 4.52 Å². The first kappa shape index (κ1) is 44.9. The fourth-order valence-electron chi connectivity index (χ4n) is 4.42. The quantitative estimate of drug-likeness (QED) is 0.0710. The van der Waals surface area contributed by atoms with E-state index in [0.717, 1.165) is 70.6 Å². The van der Waals surface area contributed by atoms with Crippen molar-refractivity contribution in [2.24, 2.45) is 5.92 Å². The largest absolute Gasteiger partial charge is 0.469 e. The van der Waals surface area contributed by atoms with Crippen LogP contribution in [0.25, 0.3) is 0 Å². The molecule has 0 aromatic carbocycles. The minimum Gasteiger partial charge on any atom is -0.344 e. The molecule has 0 saturated heterocycles. The Hall–Kier alpha value is -1.53. The van der Waals surface area contributed by atoms with Gasteiger partial charge in [0.15, 0.2) is 0 Å². The van der Waals surface area contributed by atoms with Crippen LogP contribution in [0.2, 0.25) is 0 Å². The lowest BCUT2D eigenvalue weighted by Gasteiger charge is -2.11. The minimum absolute atomic E-state index is 0. The predicted octanol–water partition coefficient (Wildman–Crippen LogP) is 11.8. The summed E-state index contributed by atoms with van der Waals surface area (Å²) in [6.45, 7) is 17.8. The van der Waals surface area contributed by atoms with E-state index in [4.69, 9.17) is 9.79 Å². The first-order chi connectivity index (χ1) is 18.8. The van der Waals surface area contributed by atoms with Gasteiger partial charge in [-0.15, -0.1) is 0 Å². The normalized spacial score (nSPS) is 14.3. The van der Waals surface area contributed by atoms with Crippen molar-refractivity contribution in [1.29, 1.82) is 0 Å². The van der Waals surface area contributed by atoms with Gasteiger partial charge < -0.3 is 22.1 Å². The Bertz CT molecular complexity index is 935. The van der Waals surface area contributed by atoms with E-state index in [-0.39, 0.29) is 18.9 Å². The summed E-state index contributed by atoms with van der Waals surface area (Å²) < 4.78 is 15.3. The van der Waals surface area contributed by atoms with Crippen LogP contribution in [-0.4, -0.2) is 16.4 Å². The summed E-state index contributed by atoms with van der Waals surface area (Å²) in [5.74, 6) is 0.383. The lowest BCUT2D eigenvalue weighted by Crippen LogP contribution is -2.00. The smallest absolute Gasteiger partial charge is 0.344 e. The molecule has 0 aromatic rings. The van der Waals surface area contributed by atoms with Crippen LogP contribution in [0.5, 0.6) is 0 Å². The molecule has 6 nitrogen and oxygen atoms in total. The molecule has 0 rings (SSSR count). The fourth-order valence-corrected chi connectivity index (χ4v) is 4.76. The van der Waals surface area contributed by atoms with Gasteiger partial charge in [-0.2, -0.15) is 0 Å². The molecule has 0 amide bonds. The van der Waals surface area contributed by atoms with E-state index in [0.29, 0.717) is 12.3 Å². The molecule has 0 radical (unpaired) electrons. The first-order valence-electron chi connectivity index (χ1n) is 15.4. The highest BCUT2D eigenvalue weighted by atomic mass is 31.2. The van der Waals surface area contributed by atoms with Gasteiger partial charge >= 0.3 is 7.82 Å². The second kappa shape index (κ2) is 27.0. The molecule has 1 atom stereocenters. The van der Waals surface area contributed by atoms with Crippen molar-refractivity contribution < 1.29 is 18.9 Å². The highest BCUT2D eigenvalue weighted by molar-refractivity contribution is 7.46. The van der Waals surface area contributed by atoms with Crippen molar-refractivity contribution in [1.82, 2.24) is 12.3 Å². The SMILES string of the molecule is CC(C)=CCC/C(C)=C/CC/C(C)=C/CC/C(C)=C/CC/C(C)=C/CC/C(C)=C/CCC(C)CCOP(=O)(O)O.N.N. The Kier molecular flexibility index (Phi) is 28.9. The number of hydrogen-bond donors (Lipinski definition) is 4. The maximum absolute atomic E-state index is 10.7. The predicted molar refractivity (Wildman–Crippen MR) is 185 cm³/mol. The molecule has 0 bridgehead atoms. The molecule has 0 aliphatic rings. The highest BCUT2D eigenvalue weighted by Crippen LogP contribution is 2.36. The molecule has 0 spiro atoms. The standard InChI is InChI=1S/C35H61O4P.2H3N/c1-29(2)15-9-16-30(3)17-10-18-31(4)19-11-20-32(5)21-12-22-33(6)23-13-24-34(7)25-14-26-35(8)27-28-39-40(36,37)38;;/h15,17,19,21,23,25,35H,9-14,16,18,20,22,24,26-28H2,1-8H3,(H2,36,37,38);2*1H3/b30-17+,31-19+,32-21+,33-23+,34-25+;;. The zero-order chi connectivity index (χ0) is 30.4. The van der Waals surface area contributed by atoms with Crippen LogP contribution in [0, 0.1) is 5.92 Å². The number of hydrogen-bond acceptors (Lipinski definition) is 4. The highest BCUT2D eigenvalue weighted by Gasteiger charge is 2.13. The average Bonchev–Trinajstić information content (AvgIpc) is 2.83. The van der Waals surface area contributed by atoms with Gasteiger partial charge in [0.05, 0.1) is 6.61 Å². The summed E-state index contributed by atoms with van der Waals surface area (Å²) >= 11 is 0. The average molecular weight is 611 g/mol. The molecule has 8 N–H and O–H groups in total. The van der Waals surface area contributed by atoms with Crippen LogP contribution in [-0.2, 0) is 9.09 Å². The Morgan fingerprint density at radius 2 is 0.881 bits per heavy atom. The Balaban J connectivity index is -0.00000760. The molecular weight excluding hydrogens is 543 g/mol. The number of allylic oxidation sites excluding steroid dienone is 12. The maximum Gasteiger partial charge on any atom is 0.469 e. The van der Waals surface area contributed by atoms with E-state index >= 15 is 0 Å². The van der Waals surface area contributed by atoms with Gasteiger partial charge in [-0.05, 0) is 138 Å². The van der Waals surface area contributed by atoms with Crippen molar-refractivity contribution >= 4 is 7.82 Å². The van der Waals surface area contributed by atoms with Gasteiger partial charge in [-0.1, -0.05) is 76.8 Å². The summed E-state index contributed by atoms with van der Waals surface area (Å²) in [4.78, 5) is 17.5. The van der Waals surface area contributed by atoms with Gasteiger partial charge in [0.25, 0.3) is 0 Å². The van der Waals surface area contributed by atoms with Crippen LogP contribution in [0.1, 0.15) is 139 Å². The molecule has 0 aromatic heterocycles. The van der Waals surface area contributed by atoms with Gasteiger partial charge in [0.1, 0.15) is 0 Å². The fraction of sp³-hybridized carbons (Fsp3) is 0.657. The van der Waals surface area contributed by atoms with E-state index in [1.54, 1.807) is 0 Å². The second-order valence-corrected chi connectivity index (χ2v) is 13.3. The molecular formula is C35H67N2O4P. The molecule has 1 unspecified atom stereocenters. The van der Waals surface area contributed by atoms with Crippen LogP contribution < -0.4 is 12.3 Å². The molecule has 0 saturated carbocycles. The molecule has 0 fully saturated rings. The van der Waals surface area contributed by atoms with E-state index in [2.05, 4.69) is 96.4 Å². The van der Waals surface area contributed by atoms with Crippen LogP contribution in [0.15, 0.2) is 69.9 Å². The zero-order valence-corrected chi connectivity index (χ0v) is 29.4. The lowest BCUT2D eigenvalue weighted by atomic mass is 10.0. The summed E-state index contributed by atoms with van der Waals surface area (Å²) in [6.07, 6.45) is 28.3. The van der Waals surface area contributed by atoms with Gasteiger partial charge in [-0.25, -0.2) is 4.57 Å².